The molecule has 132 valence electrons. The van der Waals surface area contributed by atoms with E-state index < -0.39 is 37.6 Å². The van der Waals surface area contributed by atoms with Gasteiger partial charge in [-0.1, -0.05) is 19.6 Å². The zero-order valence-electron chi connectivity index (χ0n) is 15.7. The molecule has 1 saturated heterocycles. The van der Waals surface area contributed by atoms with Crippen molar-refractivity contribution in [2.24, 2.45) is 0 Å². The van der Waals surface area contributed by atoms with E-state index in [2.05, 4.69) is 31.1 Å². The molecule has 1 fully saturated rings. The molecule has 6 heteroatoms. The first-order chi connectivity index (χ1) is 10.2. The van der Waals surface area contributed by atoms with E-state index in [1.165, 1.54) is 4.90 Å². The minimum absolute atomic E-state index is 0.280. The summed E-state index contributed by atoms with van der Waals surface area (Å²) < 4.78 is 11.2. The highest BCUT2D eigenvalue weighted by Crippen LogP contribution is 2.31. The molecule has 0 aromatic heterocycles. The predicted molar refractivity (Wildman–Crippen MR) is 93.6 cm³/mol. The largest absolute Gasteiger partial charge is 0.444 e. The fraction of sp³-hybridized carbons (Fsp3) is 0.824. The molecule has 23 heavy (non-hydrogen) atoms. The van der Waals surface area contributed by atoms with Crippen molar-refractivity contribution in [3.8, 4) is 11.5 Å². The number of hydrogen-bond acceptors (Lipinski definition) is 4. The number of nitrogens with zero attached hydrogens (tertiary/aromatic N) is 1. The van der Waals surface area contributed by atoms with Crippen LogP contribution in [0.1, 0.15) is 41.0 Å². The standard InChI is InChI=1S/C17H31NO4Si/c1-16(2,3)22-15(20)18-13(12-21-17(18,4)5)14(19)10-9-11-23(6,7)8/h13-14,19H,10,12H2,1-8H3/t13-,14+/m0/s1. The average molecular weight is 342 g/mol. The first-order valence-electron chi connectivity index (χ1n) is 8.07. The number of ether oxygens (including phenoxy) is 2. The maximum absolute atomic E-state index is 12.5. The molecule has 0 unspecified atom stereocenters. The lowest BCUT2D eigenvalue weighted by molar-refractivity contribution is -0.0675. The second kappa shape index (κ2) is 6.84. The van der Waals surface area contributed by atoms with Gasteiger partial charge in [-0.05, 0) is 34.6 Å². The van der Waals surface area contributed by atoms with Crippen molar-refractivity contribution in [3.63, 3.8) is 0 Å². The summed E-state index contributed by atoms with van der Waals surface area (Å²) in [5.74, 6) is 3.06. The summed E-state index contributed by atoms with van der Waals surface area (Å²) in [5, 5.41) is 10.5. The minimum atomic E-state index is -1.47. The van der Waals surface area contributed by atoms with Crippen LogP contribution in [0.3, 0.4) is 0 Å². The van der Waals surface area contributed by atoms with Gasteiger partial charge in [0.2, 0.25) is 0 Å². The Kier molecular flexibility index (Phi) is 5.95. The van der Waals surface area contributed by atoms with Crippen LogP contribution >= 0.6 is 0 Å². The number of carbonyl (C=O) groups excluding carboxylic acids is 1. The Hall–Kier alpha value is -1.03. The summed E-state index contributed by atoms with van der Waals surface area (Å²) in [6.45, 7) is 15.8. The highest BCUT2D eigenvalue weighted by Gasteiger charge is 2.48. The van der Waals surface area contributed by atoms with Gasteiger partial charge in [0.25, 0.3) is 0 Å². The smallest absolute Gasteiger partial charge is 0.412 e. The summed E-state index contributed by atoms with van der Waals surface area (Å²) in [7, 11) is -1.47. The summed E-state index contributed by atoms with van der Waals surface area (Å²) in [6.07, 6.45) is -0.899. The number of rotatable bonds is 2. The SMILES string of the molecule is CC(C)(C)OC(=O)N1[C@H]([C@H](O)CC#C[Si](C)(C)C)COC1(C)C. The van der Waals surface area contributed by atoms with Crippen LogP contribution in [0.5, 0.6) is 0 Å². The van der Waals surface area contributed by atoms with Crippen LogP contribution in [0, 0.1) is 11.5 Å². The van der Waals surface area contributed by atoms with Crippen LogP contribution in [-0.4, -0.2) is 54.3 Å². The van der Waals surface area contributed by atoms with Crippen molar-refractivity contribution in [1.82, 2.24) is 4.90 Å². The van der Waals surface area contributed by atoms with Crippen molar-refractivity contribution < 1.29 is 19.4 Å². The summed E-state index contributed by atoms with van der Waals surface area (Å²) in [4.78, 5) is 14.0. The van der Waals surface area contributed by atoms with Crippen molar-refractivity contribution in [2.45, 2.75) is 84.2 Å². The van der Waals surface area contributed by atoms with Crippen LogP contribution in [0.25, 0.3) is 0 Å². The second-order valence-electron chi connectivity index (χ2n) is 8.50. The zero-order valence-corrected chi connectivity index (χ0v) is 16.7. The van der Waals surface area contributed by atoms with Gasteiger partial charge >= 0.3 is 6.09 Å². The van der Waals surface area contributed by atoms with Gasteiger partial charge in [0.1, 0.15) is 19.4 Å². The molecule has 1 aliphatic heterocycles. The molecule has 5 nitrogen and oxygen atoms in total. The van der Waals surface area contributed by atoms with Crippen molar-refractivity contribution in [1.29, 1.82) is 0 Å². The fourth-order valence-corrected chi connectivity index (χ4v) is 2.97. The van der Waals surface area contributed by atoms with Crippen LogP contribution in [0.15, 0.2) is 0 Å². The third-order valence-corrected chi connectivity index (χ3v) is 4.25. The van der Waals surface area contributed by atoms with Gasteiger partial charge in [0.05, 0.1) is 18.8 Å². The third kappa shape index (κ3) is 6.17. The Morgan fingerprint density at radius 1 is 1.43 bits per heavy atom. The predicted octanol–water partition coefficient (Wildman–Crippen LogP) is 2.99. The van der Waals surface area contributed by atoms with Crippen molar-refractivity contribution >= 4 is 14.2 Å². The molecule has 0 aromatic rings. The molecule has 2 atom stereocenters. The summed E-state index contributed by atoms with van der Waals surface area (Å²) in [6, 6.07) is -0.448. The van der Waals surface area contributed by atoms with Gasteiger partial charge in [-0.25, -0.2) is 4.79 Å². The van der Waals surface area contributed by atoms with E-state index in [4.69, 9.17) is 9.47 Å². The molecule has 0 radical (unpaired) electrons. The third-order valence-electron chi connectivity index (χ3n) is 3.33. The van der Waals surface area contributed by atoms with E-state index in [-0.39, 0.29) is 6.61 Å². The molecule has 1 rings (SSSR count). The monoisotopic (exact) mass is 341 g/mol. The molecule has 1 N–H and O–H groups in total. The Bertz CT molecular complexity index is 493. The van der Waals surface area contributed by atoms with Gasteiger partial charge in [-0.15, -0.1) is 11.5 Å². The lowest BCUT2D eigenvalue weighted by atomic mass is 10.1. The molecule has 0 spiro atoms. The highest BCUT2D eigenvalue weighted by atomic mass is 28.3. The van der Waals surface area contributed by atoms with Crippen molar-refractivity contribution in [3.05, 3.63) is 0 Å². The van der Waals surface area contributed by atoms with Gasteiger partial charge in [-0.2, -0.15) is 0 Å². The topological polar surface area (TPSA) is 59.0 Å². The van der Waals surface area contributed by atoms with Gasteiger partial charge in [-0.3, -0.25) is 4.90 Å². The molecule has 1 amide bonds. The van der Waals surface area contributed by atoms with Crippen LogP contribution < -0.4 is 0 Å². The highest BCUT2D eigenvalue weighted by molar-refractivity contribution is 6.83. The van der Waals surface area contributed by atoms with Gasteiger partial charge in [0.15, 0.2) is 0 Å². The second-order valence-corrected chi connectivity index (χ2v) is 13.2. The first kappa shape index (κ1) is 20.0. The first-order valence-corrected chi connectivity index (χ1v) is 11.6. The Morgan fingerprint density at radius 3 is 2.48 bits per heavy atom. The Balaban J connectivity index is 2.87. The van der Waals surface area contributed by atoms with Gasteiger partial charge in [0, 0.05) is 6.42 Å². The number of amides is 1. The molecule has 0 aromatic carbocycles. The molecular formula is C17H31NO4Si. The molecule has 1 heterocycles. The van der Waals surface area contributed by atoms with E-state index in [9.17, 15) is 9.90 Å². The molecule has 0 aliphatic carbocycles. The fourth-order valence-electron chi connectivity index (χ4n) is 2.34. The maximum atomic E-state index is 12.5. The van der Waals surface area contributed by atoms with Crippen LogP contribution in [0.4, 0.5) is 4.79 Å². The van der Waals surface area contributed by atoms with Crippen LogP contribution in [-0.2, 0) is 9.47 Å². The van der Waals surface area contributed by atoms with E-state index in [0.717, 1.165) is 0 Å². The number of hydrogen-bond donors (Lipinski definition) is 1. The van der Waals surface area contributed by atoms with Gasteiger partial charge < -0.3 is 14.6 Å². The minimum Gasteiger partial charge on any atom is -0.444 e. The van der Waals surface area contributed by atoms with Crippen molar-refractivity contribution in [2.75, 3.05) is 6.61 Å². The lowest BCUT2D eigenvalue weighted by Gasteiger charge is -2.36. The number of carbonyl (C=O) groups is 1. The van der Waals surface area contributed by atoms with E-state index in [1.54, 1.807) is 13.8 Å². The van der Waals surface area contributed by atoms with E-state index >= 15 is 0 Å². The number of aliphatic hydroxyl groups is 1. The quantitative estimate of drug-likeness (QED) is 0.620. The Labute approximate surface area is 141 Å². The van der Waals surface area contributed by atoms with E-state index in [1.807, 2.05) is 20.8 Å². The molecule has 1 aliphatic rings. The molecule has 0 saturated carbocycles. The molecular weight excluding hydrogens is 310 g/mol. The Morgan fingerprint density at radius 2 is 2.00 bits per heavy atom. The van der Waals surface area contributed by atoms with Crippen LogP contribution in [0.2, 0.25) is 19.6 Å². The zero-order chi connectivity index (χ0) is 18.1. The summed E-state index contributed by atoms with van der Waals surface area (Å²) >= 11 is 0. The lowest BCUT2D eigenvalue weighted by Crippen LogP contribution is -2.53. The summed E-state index contributed by atoms with van der Waals surface area (Å²) in [5.41, 5.74) is 1.83. The maximum Gasteiger partial charge on any atom is 0.412 e. The van der Waals surface area contributed by atoms with E-state index in [0.29, 0.717) is 6.42 Å². The molecule has 0 bridgehead atoms. The average Bonchev–Trinajstić information content (AvgIpc) is 2.60. The normalized spacial score (nSPS) is 22.3. The number of aliphatic hydroxyl groups excluding tert-OH is 1.